The van der Waals surface area contributed by atoms with E-state index in [1.54, 1.807) is 19.9 Å². The van der Waals surface area contributed by atoms with Crippen molar-refractivity contribution in [3.05, 3.63) is 69.6 Å². The molecular formula is C24H24ClFN4O3. The topological polar surface area (TPSA) is 94.1 Å². The van der Waals surface area contributed by atoms with E-state index in [1.165, 1.54) is 12.3 Å². The third-order valence-electron chi connectivity index (χ3n) is 5.03. The summed E-state index contributed by atoms with van der Waals surface area (Å²) in [7, 11) is 0. The highest BCUT2D eigenvalue weighted by atomic mass is 35.5. The molecule has 2 heterocycles. The lowest BCUT2D eigenvalue weighted by molar-refractivity contribution is 0.0523. The number of anilines is 1. The van der Waals surface area contributed by atoms with Crippen LogP contribution in [0, 0.1) is 12.9 Å². The molecule has 33 heavy (non-hydrogen) atoms. The van der Waals surface area contributed by atoms with Crippen LogP contribution in [0.5, 0.6) is 0 Å². The van der Waals surface area contributed by atoms with Crippen molar-refractivity contribution in [2.24, 2.45) is 0 Å². The molecule has 2 aromatic heterocycles. The number of carbonyl (C=O) groups is 2. The summed E-state index contributed by atoms with van der Waals surface area (Å²) in [5, 5.41) is 3.41. The average Bonchev–Trinajstić information content (AvgIpc) is 2.79. The summed E-state index contributed by atoms with van der Waals surface area (Å²) in [6.07, 6.45) is 2.51. The number of nitrogens with zero attached hydrogens (tertiary/aromatic N) is 3. The van der Waals surface area contributed by atoms with Gasteiger partial charge >= 0.3 is 5.97 Å². The zero-order chi connectivity index (χ0) is 24.1. The second-order valence-electron chi connectivity index (χ2n) is 7.15. The van der Waals surface area contributed by atoms with Crippen molar-refractivity contribution in [1.29, 1.82) is 0 Å². The van der Waals surface area contributed by atoms with E-state index in [1.807, 2.05) is 19.9 Å². The van der Waals surface area contributed by atoms with Gasteiger partial charge in [0, 0.05) is 28.5 Å². The number of hydrogen-bond donors (Lipinski definition) is 1. The summed E-state index contributed by atoms with van der Waals surface area (Å²) in [5.74, 6) is -1.92. The van der Waals surface area contributed by atoms with E-state index in [-0.39, 0.29) is 34.9 Å². The van der Waals surface area contributed by atoms with Gasteiger partial charge in [0.2, 0.25) is 5.95 Å². The number of aryl methyl sites for hydroxylation is 2. The number of rotatable bonds is 7. The largest absolute Gasteiger partial charge is 0.462 e. The molecule has 0 saturated heterocycles. The van der Waals surface area contributed by atoms with Crippen LogP contribution < -0.4 is 5.32 Å². The number of amides is 1. The van der Waals surface area contributed by atoms with Crippen LogP contribution in [0.4, 0.5) is 10.1 Å². The predicted molar refractivity (Wildman–Crippen MR) is 124 cm³/mol. The molecule has 0 aliphatic rings. The van der Waals surface area contributed by atoms with E-state index in [0.29, 0.717) is 23.6 Å². The van der Waals surface area contributed by atoms with Gasteiger partial charge in [0.25, 0.3) is 5.91 Å². The van der Waals surface area contributed by atoms with Crippen LogP contribution in [0.2, 0.25) is 5.02 Å². The van der Waals surface area contributed by atoms with E-state index in [4.69, 9.17) is 16.3 Å². The van der Waals surface area contributed by atoms with Gasteiger partial charge < -0.3 is 10.1 Å². The molecule has 9 heteroatoms. The Hall–Kier alpha value is -3.39. The van der Waals surface area contributed by atoms with E-state index in [2.05, 4.69) is 20.3 Å². The molecule has 0 spiro atoms. The molecule has 0 radical (unpaired) electrons. The van der Waals surface area contributed by atoms with E-state index in [0.717, 1.165) is 17.2 Å². The Kier molecular flexibility index (Phi) is 7.71. The Morgan fingerprint density at radius 2 is 1.88 bits per heavy atom. The molecule has 0 aliphatic carbocycles. The molecular weight excluding hydrogens is 447 g/mol. The summed E-state index contributed by atoms with van der Waals surface area (Å²) >= 11 is 6.36. The molecule has 3 rings (SSSR count). The SMILES string of the molecule is CCOC(=O)c1c(C(=O)Nc2c(CC)ccc(Cl)c2CC)nc(C)nc1-c1ccnc(F)c1. The van der Waals surface area contributed by atoms with Gasteiger partial charge in [0.15, 0.2) is 0 Å². The lowest BCUT2D eigenvalue weighted by Crippen LogP contribution is -2.23. The molecule has 0 saturated carbocycles. The summed E-state index contributed by atoms with van der Waals surface area (Å²) < 4.78 is 19.0. The third-order valence-corrected chi connectivity index (χ3v) is 5.38. The summed E-state index contributed by atoms with van der Waals surface area (Å²) in [5.41, 5.74) is 2.30. The second kappa shape index (κ2) is 10.5. The van der Waals surface area contributed by atoms with Crippen molar-refractivity contribution >= 4 is 29.2 Å². The Bertz CT molecular complexity index is 1220. The molecule has 0 bridgehead atoms. The van der Waals surface area contributed by atoms with Crippen molar-refractivity contribution in [3.63, 3.8) is 0 Å². The lowest BCUT2D eigenvalue weighted by atomic mass is 10.0. The first-order valence-electron chi connectivity index (χ1n) is 10.6. The van der Waals surface area contributed by atoms with Gasteiger partial charge in [-0.05, 0) is 49.9 Å². The Balaban J connectivity index is 2.20. The first-order chi connectivity index (χ1) is 15.8. The number of pyridine rings is 1. The fourth-order valence-electron chi connectivity index (χ4n) is 3.53. The van der Waals surface area contributed by atoms with E-state index >= 15 is 0 Å². The average molecular weight is 471 g/mol. The first-order valence-corrected chi connectivity index (χ1v) is 11.0. The summed E-state index contributed by atoms with van der Waals surface area (Å²) in [6, 6.07) is 6.27. The second-order valence-corrected chi connectivity index (χ2v) is 7.56. The monoisotopic (exact) mass is 470 g/mol. The predicted octanol–water partition coefficient (Wildman–Crippen LogP) is 5.19. The van der Waals surface area contributed by atoms with Crippen molar-refractivity contribution in [1.82, 2.24) is 15.0 Å². The first kappa shape index (κ1) is 24.3. The highest BCUT2D eigenvalue weighted by molar-refractivity contribution is 6.32. The number of hydrogen-bond acceptors (Lipinski definition) is 6. The summed E-state index contributed by atoms with van der Waals surface area (Å²) in [4.78, 5) is 38.5. The lowest BCUT2D eigenvalue weighted by Gasteiger charge is -2.18. The summed E-state index contributed by atoms with van der Waals surface area (Å²) in [6.45, 7) is 7.21. The highest BCUT2D eigenvalue weighted by Gasteiger charge is 2.28. The van der Waals surface area contributed by atoms with Gasteiger partial charge in [-0.25, -0.2) is 19.7 Å². The van der Waals surface area contributed by atoms with Crippen molar-refractivity contribution < 1.29 is 18.7 Å². The van der Waals surface area contributed by atoms with Crippen LogP contribution >= 0.6 is 11.6 Å². The number of halogens is 2. The fraction of sp³-hybridized carbons (Fsp3) is 0.292. The minimum absolute atomic E-state index is 0.0756. The quantitative estimate of drug-likeness (QED) is 0.377. The standard InChI is InChI=1S/C24H24ClFN4O3/c1-5-14-8-9-17(25)16(6-2)20(14)30-23(31)22-19(24(32)33-7-3)21(28-13(4)29-22)15-10-11-27-18(26)12-15/h8-12H,5-7H2,1-4H3,(H,30,31). The van der Waals surface area contributed by atoms with Crippen molar-refractivity contribution in [3.8, 4) is 11.3 Å². The molecule has 0 atom stereocenters. The van der Waals surface area contributed by atoms with Crippen molar-refractivity contribution in [2.75, 3.05) is 11.9 Å². The highest BCUT2D eigenvalue weighted by Crippen LogP contribution is 2.31. The van der Waals surface area contributed by atoms with Crippen LogP contribution in [0.15, 0.2) is 30.5 Å². The molecule has 1 amide bonds. The molecule has 3 aromatic rings. The Morgan fingerprint density at radius 3 is 2.52 bits per heavy atom. The Labute approximate surface area is 196 Å². The van der Waals surface area contributed by atoms with Gasteiger partial charge in [0.1, 0.15) is 17.1 Å². The number of aromatic nitrogens is 3. The minimum atomic E-state index is -0.785. The van der Waals surface area contributed by atoms with Gasteiger partial charge in [0.05, 0.1) is 12.3 Å². The van der Waals surface area contributed by atoms with Gasteiger partial charge in [-0.15, -0.1) is 0 Å². The molecule has 7 nitrogen and oxygen atoms in total. The molecule has 0 unspecified atom stereocenters. The van der Waals surface area contributed by atoms with E-state index < -0.39 is 17.8 Å². The maximum Gasteiger partial charge on any atom is 0.342 e. The van der Waals surface area contributed by atoms with Crippen LogP contribution in [0.1, 0.15) is 58.6 Å². The van der Waals surface area contributed by atoms with Crippen LogP contribution in [-0.2, 0) is 17.6 Å². The fourth-order valence-corrected chi connectivity index (χ4v) is 3.82. The normalized spacial score (nSPS) is 10.7. The molecule has 0 aliphatic heterocycles. The molecule has 1 N–H and O–H groups in total. The zero-order valence-electron chi connectivity index (χ0n) is 18.8. The number of ether oxygens (including phenoxy) is 1. The number of nitrogens with one attached hydrogen (secondary N) is 1. The van der Waals surface area contributed by atoms with Gasteiger partial charge in [-0.1, -0.05) is 31.5 Å². The van der Waals surface area contributed by atoms with Crippen LogP contribution in [-0.4, -0.2) is 33.4 Å². The van der Waals surface area contributed by atoms with Crippen LogP contribution in [0.25, 0.3) is 11.3 Å². The zero-order valence-corrected chi connectivity index (χ0v) is 19.6. The van der Waals surface area contributed by atoms with Gasteiger partial charge in [-0.2, -0.15) is 4.39 Å². The maximum absolute atomic E-state index is 13.8. The Morgan fingerprint density at radius 1 is 1.12 bits per heavy atom. The number of carbonyl (C=O) groups excluding carboxylic acids is 2. The van der Waals surface area contributed by atoms with E-state index in [9.17, 15) is 14.0 Å². The smallest absolute Gasteiger partial charge is 0.342 e. The van der Waals surface area contributed by atoms with Crippen LogP contribution in [0.3, 0.4) is 0 Å². The van der Waals surface area contributed by atoms with Gasteiger partial charge in [-0.3, -0.25) is 4.79 Å². The number of benzene rings is 1. The molecule has 0 fully saturated rings. The maximum atomic E-state index is 13.8. The number of esters is 1. The van der Waals surface area contributed by atoms with Crippen molar-refractivity contribution in [2.45, 2.75) is 40.5 Å². The third kappa shape index (κ3) is 5.17. The molecule has 172 valence electrons. The molecule has 1 aromatic carbocycles. The minimum Gasteiger partial charge on any atom is -0.462 e.